The summed E-state index contributed by atoms with van der Waals surface area (Å²) >= 11 is 3.51. The quantitative estimate of drug-likeness (QED) is 0.480. The summed E-state index contributed by atoms with van der Waals surface area (Å²) in [5.74, 6) is 0.944. The Morgan fingerprint density at radius 3 is 2.77 bits per heavy atom. The van der Waals surface area contributed by atoms with Crippen LogP contribution in [0, 0.1) is 0 Å². The van der Waals surface area contributed by atoms with Crippen molar-refractivity contribution in [2.45, 2.75) is 25.9 Å². The molecule has 4 heterocycles. The average Bonchev–Trinajstić information content (AvgIpc) is 3.21. The average molecular weight is 481 g/mol. The normalized spacial score (nSPS) is 15.0. The minimum atomic E-state index is -0.0324. The Morgan fingerprint density at radius 1 is 1.23 bits per heavy atom. The summed E-state index contributed by atoms with van der Waals surface area (Å²) < 4.78 is 8.37. The molecule has 1 aromatic carbocycles. The highest BCUT2D eigenvalue weighted by Crippen LogP contribution is 2.35. The van der Waals surface area contributed by atoms with Crippen molar-refractivity contribution in [3.05, 3.63) is 47.2 Å². The van der Waals surface area contributed by atoms with E-state index in [9.17, 15) is 4.79 Å². The Balaban J connectivity index is 1.50. The molecule has 4 aromatic rings. The van der Waals surface area contributed by atoms with Gasteiger partial charge in [0, 0.05) is 55.6 Å². The van der Waals surface area contributed by atoms with Crippen LogP contribution in [-0.4, -0.2) is 49.6 Å². The zero-order valence-corrected chi connectivity index (χ0v) is 18.5. The number of anilines is 1. The standard InChI is InChI=1S/C22H21BrN6O2/c1-13(30)28-8-6-16(7-9-28)31-22-19(23)20(24)29-21(27-22)17(12-26-29)15-10-14-4-2-3-5-18(14)25-11-15/h2-5,10-12,16H,6-9,24H2,1H3. The number of aromatic nitrogens is 4. The number of carbonyl (C=O) groups excluding carboxylic acids is 1. The maximum Gasteiger partial charge on any atom is 0.234 e. The molecule has 8 nitrogen and oxygen atoms in total. The molecule has 1 amide bonds. The van der Waals surface area contributed by atoms with Crippen LogP contribution in [0.2, 0.25) is 0 Å². The maximum absolute atomic E-state index is 11.6. The van der Waals surface area contributed by atoms with E-state index in [1.54, 1.807) is 17.6 Å². The van der Waals surface area contributed by atoms with Crippen molar-refractivity contribution in [2.24, 2.45) is 0 Å². The van der Waals surface area contributed by atoms with Crippen molar-refractivity contribution < 1.29 is 9.53 Å². The number of piperidine rings is 1. The van der Waals surface area contributed by atoms with Gasteiger partial charge in [-0.3, -0.25) is 9.78 Å². The molecule has 2 N–H and O–H groups in total. The van der Waals surface area contributed by atoms with E-state index in [1.807, 2.05) is 35.4 Å². The number of amides is 1. The number of likely N-dealkylation sites (tertiary alicyclic amines) is 1. The molecule has 1 fully saturated rings. The smallest absolute Gasteiger partial charge is 0.234 e. The number of hydrogen-bond acceptors (Lipinski definition) is 6. The molecule has 0 saturated carbocycles. The second kappa shape index (κ2) is 7.81. The number of ether oxygens (including phenoxy) is 1. The van der Waals surface area contributed by atoms with E-state index >= 15 is 0 Å². The summed E-state index contributed by atoms with van der Waals surface area (Å²) in [7, 11) is 0. The highest BCUT2D eigenvalue weighted by molar-refractivity contribution is 9.10. The lowest BCUT2D eigenvalue weighted by Crippen LogP contribution is -2.40. The van der Waals surface area contributed by atoms with Crippen LogP contribution < -0.4 is 10.5 Å². The summed E-state index contributed by atoms with van der Waals surface area (Å²) in [6.07, 6.45) is 5.03. The third kappa shape index (κ3) is 3.59. The van der Waals surface area contributed by atoms with Crippen LogP contribution >= 0.6 is 15.9 Å². The number of nitrogens with zero attached hydrogens (tertiary/aromatic N) is 5. The number of benzene rings is 1. The lowest BCUT2D eigenvalue weighted by atomic mass is 10.1. The summed E-state index contributed by atoms with van der Waals surface area (Å²) in [6, 6.07) is 10.0. The summed E-state index contributed by atoms with van der Waals surface area (Å²) in [6.45, 7) is 2.95. The lowest BCUT2D eigenvalue weighted by Gasteiger charge is -2.31. The fourth-order valence-electron chi connectivity index (χ4n) is 3.92. The number of carbonyl (C=O) groups is 1. The summed E-state index contributed by atoms with van der Waals surface area (Å²) in [4.78, 5) is 22.7. The van der Waals surface area contributed by atoms with Gasteiger partial charge >= 0.3 is 0 Å². The number of nitrogen functional groups attached to an aromatic ring is 1. The Morgan fingerprint density at radius 2 is 2.00 bits per heavy atom. The van der Waals surface area contributed by atoms with Crippen LogP contribution in [0.3, 0.4) is 0 Å². The number of rotatable bonds is 3. The van der Waals surface area contributed by atoms with E-state index in [2.05, 4.69) is 32.1 Å². The molecule has 0 aliphatic carbocycles. The number of pyridine rings is 1. The molecule has 0 atom stereocenters. The van der Waals surface area contributed by atoms with Gasteiger partial charge in [-0.25, -0.2) is 0 Å². The third-order valence-electron chi connectivity index (χ3n) is 5.66. The zero-order valence-electron chi connectivity index (χ0n) is 17.0. The van der Waals surface area contributed by atoms with Gasteiger partial charge in [0.1, 0.15) is 16.4 Å². The minimum absolute atomic E-state index is 0.0324. The predicted molar refractivity (Wildman–Crippen MR) is 122 cm³/mol. The number of para-hydroxylation sites is 1. The molecule has 0 unspecified atom stereocenters. The Bertz CT molecular complexity index is 1300. The van der Waals surface area contributed by atoms with E-state index in [4.69, 9.17) is 15.5 Å². The molecule has 31 heavy (non-hydrogen) atoms. The largest absolute Gasteiger partial charge is 0.473 e. The molecule has 0 radical (unpaired) electrons. The van der Waals surface area contributed by atoms with Crippen LogP contribution in [0.4, 0.5) is 5.82 Å². The van der Waals surface area contributed by atoms with Crippen molar-refractivity contribution in [3.63, 3.8) is 0 Å². The first-order valence-corrected chi connectivity index (χ1v) is 10.9. The molecular weight excluding hydrogens is 460 g/mol. The third-order valence-corrected chi connectivity index (χ3v) is 6.40. The van der Waals surface area contributed by atoms with Gasteiger partial charge in [-0.1, -0.05) is 18.2 Å². The highest BCUT2D eigenvalue weighted by Gasteiger charge is 2.25. The molecular formula is C22H21BrN6O2. The second-order valence-electron chi connectivity index (χ2n) is 7.65. The van der Waals surface area contributed by atoms with Gasteiger partial charge in [-0.15, -0.1) is 0 Å². The van der Waals surface area contributed by atoms with Crippen molar-refractivity contribution in [3.8, 4) is 17.0 Å². The van der Waals surface area contributed by atoms with E-state index in [1.165, 1.54) is 0 Å². The van der Waals surface area contributed by atoms with Gasteiger partial charge in [0.2, 0.25) is 11.8 Å². The molecule has 0 spiro atoms. The van der Waals surface area contributed by atoms with Crippen molar-refractivity contribution in [1.29, 1.82) is 0 Å². The van der Waals surface area contributed by atoms with E-state index < -0.39 is 0 Å². The molecule has 1 saturated heterocycles. The first kappa shape index (κ1) is 19.7. The summed E-state index contributed by atoms with van der Waals surface area (Å²) in [5, 5.41) is 5.46. The fourth-order valence-corrected chi connectivity index (χ4v) is 4.27. The van der Waals surface area contributed by atoms with Crippen molar-refractivity contribution in [2.75, 3.05) is 18.8 Å². The molecule has 9 heteroatoms. The monoisotopic (exact) mass is 480 g/mol. The van der Waals surface area contributed by atoms with E-state index in [-0.39, 0.29) is 12.0 Å². The minimum Gasteiger partial charge on any atom is -0.473 e. The van der Waals surface area contributed by atoms with E-state index in [0.717, 1.165) is 34.9 Å². The van der Waals surface area contributed by atoms with Crippen molar-refractivity contribution >= 4 is 44.2 Å². The topological polar surface area (TPSA) is 98.6 Å². The Labute approximate surface area is 187 Å². The van der Waals surface area contributed by atoms with Crippen LogP contribution in [0.1, 0.15) is 19.8 Å². The van der Waals surface area contributed by atoms with Crippen LogP contribution in [-0.2, 0) is 4.79 Å². The Hall–Kier alpha value is -3.20. The number of fused-ring (bicyclic) bond motifs is 2. The molecule has 158 valence electrons. The van der Waals surface area contributed by atoms with Gasteiger partial charge < -0.3 is 15.4 Å². The Kier molecular flexibility index (Phi) is 4.97. The van der Waals surface area contributed by atoms with Crippen molar-refractivity contribution in [1.82, 2.24) is 24.5 Å². The molecule has 0 bridgehead atoms. The molecule has 5 rings (SSSR count). The van der Waals surface area contributed by atoms with Gasteiger partial charge in [0.25, 0.3) is 0 Å². The van der Waals surface area contributed by atoms with Gasteiger partial charge in [-0.05, 0) is 28.1 Å². The zero-order chi connectivity index (χ0) is 21.5. The number of halogens is 1. The fraction of sp³-hybridized carbons (Fsp3) is 0.273. The molecule has 1 aliphatic rings. The predicted octanol–water partition coefficient (Wildman–Crippen LogP) is 3.68. The number of hydrogen-bond donors (Lipinski definition) is 1. The van der Waals surface area contributed by atoms with Gasteiger partial charge in [0.05, 0.1) is 11.7 Å². The highest BCUT2D eigenvalue weighted by atomic mass is 79.9. The van der Waals surface area contributed by atoms with Crippen LogP contribution in [0.15, 0.2) is 47.2 Å². The van der Waals surface area contributed by atoms with Crippen LogP contribution in [0.5, 0.6) is 5.88 Å². The molecule has 3 aromatic heterocycles. The SMILES string of the molecule is CC(=O)N1CCC(Oc2nc3c(-c4cnc5ccccc5c4)cnn3c(N)c2Br)CC1. The first-order chi connectivity index (χ1) is 15.0. The first-order valence-electron chi connectivity index (χ1n) is 10.1. The maximum atomic E-state index is 11.6. The second-order valence-corrected chi connectivity index (χ2v) is 8.44. The summed E-state index contributed by atoms with van der Waals surface area (Å²) in [5.41, 5.74) is 9.60. The number of nitrogens with two attached hydrogens (primary N) is 1. The lowest BCUT2D eigenvalue weighted by molar-refractivity contribution is -0.130. The van der Waals surface area contributed by atoms with E-state index in [0.29, 0.717) is 34.9 Å². The van der Waals surface area contributed by atoms with Gasteiger partial charge in [-0.2, -0.15) is 14.6 Å². The van der Waals surface area contributed by atoms with Gasteiger partial charge in [0.15, 0.2) is 5.65 Å². The van der Waals surface area contributed by atoms with Crippen LogP contribution in [0.25, 0.3) is 27.7 Å². The molecule has 1 aliphatic heterocycles.